The molecular weight excluding hydrogens is 348 g/mol. The van der Waals surface area contributed by atoms with E-state index in [9.17, 15) is 0 Å². The Morgan fingerprint density at radius 2 is 1.75 bits per heavy atom. The molecular formula is C13H12Br2S. The van der Waals surface area contributed by atoms with Crippen molar-refractivity contribution < 1.29 is 0 Å². The summed E-state index contributed by atoms with van der Waals surface area (Å²) in [5.74, 6) is 0. The minimum Gasteiger partial charge on any atom is -0.146 e. The molecule has 1 atom stereocenters. The van der Waals surface area contributed by atoms with Crippen LogP contribution in [0.1, 0.15) is 25.7 Å². The minimum absolute atomic E-state index is 0.297. The molecule has 84 valence electrons. The van der Waals surface area contributed by atoms with Crippen molar-refractivity contribution >= 4 is 43.2 Å². The van der Waals surface area contributed by atoms with Gasteiger partial charge >= 0.3 is 0 Å². The third kappa shape index (κ3) is 2.58. The summed E-state index contributed by atoms with van der Waals surface area (Å²) in [5, 5.41) is 0. The number of hydrogen-bond acceptors (Lipinski definition) is 1. The lowest BCUT2D eigenvalue weighted by Gasteiger charge is -2.10. The van der Waals surface area contributed by atoms with Gasteiger partial charge in [0.1, 0.15) is 0 Å². The zero-order valence-corrected chi connectivity index (χ0v) is 13.1. The molecule has 0 spiro atoms. The predicted molar refractivity (Wildman–Crippen MR) is 78.7 cm³/mol. The predicted octanol–water partition coefficient (Wildman–Crippen LogP) is 5.61. The Morgan fingerprint density at radius 1 is 1.12 bits per heavy atom. The van der Waals surface area contributed by atoms with Crippen molar-refractivity contribution in [1.29, 1.82) is 0 Å². The van der Waals surface area contributed by atoms with E-state index in [0.717, 1.165) is 4.47 Å². The van der Waals surface area contributed by atoms with Crippen LogP contribution in [0.3, 0.4) is 0 Å². The average Bonchev–Trinajstić information content (AvgIpc) is 2.58. The normalized spacial score (nSPS) is 12.8. The van der Waals surface area contributed by atoms with E-state index >= 15 is 0 Å². The molecule has 0 amide bonds. The van der Waals surface area contributed by atoms with Crippen LogP contribution in [-0.4, -0.2) is 0 Å². The maximum atomic E-state index is 3.77. The molecule has 0 radical (unpaired) electrons. The number of aryl methyl sites for hydroxylation is 2. The van der Waals surface area contributed by atoms with Crippen LogP contribution in [0, 0.1) is 13.8 Å². The Morgan fingerprint density at radius 3 is 2.25 bits per heavy atom. The van der Waals surface area contributed by atoms with E-state index in [2.05, 4.69) is 76.0 Å². The minimum atomic E-state index is 0.297. The Balaban J connectivity index is 2.35. The fourth-order valence-corrected chi connectivity index (χ4v) is 3.87. The fraction of sp³-hybridized carbons (Fsp3) is 0.231. The highest BCUT2D eigenvalue weighted by molar-refractivity contribution is 9.10. The summed E-state index contributed by atoms with van der Waals surface area (Å²) >= 11 is 9.09. The van der Waals surface area contributed by atoms with Gasteiger partial charge in [0.2, 0.25) is 0 Å². The van der Waals surface area contributed by atoms with Crippen molar-refractivity contribution in [3.63, 3.8) is 0 Å². The molecule has 2 aromatic rings. The highest BCUT2D eigenvalue weighted by Gasteiger charge is 2.14. The van der Waals surface area contributed by atoms with Crippen molar-refractivity contribution in [2.75, 3.05) is 0 Å². The number of thiophene rings is 1. The van der Waals surface area contributed by atoms with Gasteiger partial charge in [0.15, 0.2) is 0 Å². The Kier molecular flexibility index (Phi) is 3.88. The van der Waals surface area contributed by atoms with Crippen LogP contribution in [0.2, 0.25) is 0 Å². The van der Waals surface area contributed by atoms with Gasteiger partial charge in [-0.2, -0.15) is 0 Å². The van der Waals surface area contributed by atoms with E-state index in [1.54, 1.807) is 0 Å². The first-order valence-corrected chi connectivity index (χ1v) is 7.57. The topological polar surface area (TPSA) is 0 Å². The van der Waals surface area contributed by atoms with Crippen LogP contribution in [0.4, 0.5) is 0 Å². The molecule has 0 fully saturated rings. The second-order valence-corrected chi connectivity index (χ2v) is 7.07. The molecule has 0 aliphatic carbocycles. The molecule has 0 aliphatic heterocycles. The molecule has 0 saturated carbocycles. The van der Waals surface area contributed by atoms with Crippen molar-refractivity contribution in [3.05, 3.63) is 55.7 Å². The monoisotopic (exact) mass is 358 g/mol. The maximum Gasteiger partial charge on any atom is 0.0655 e. The van der Waals surface area contributed by atoms with Crippen LogP contribution >= 0.6 is 43.2 Å². The molecule has 1 unspecified atom stereocenters. The summed E-state index contributed by atoms with van der Waals surface area (Å²) in [6, 6.07) is 10.7. The highest BCUT2D eigenvalue weighted by atomic mass is 79.9. The van der Waals surface area contributed by atoms with Crippen LogP contribution < -0.4 is 0 Å². The molecule has 3 heteroatoms. The molecule has 16 heavy (non-hydrogen) atoms. The first kappa shape index (κ1) is 12.3. The summed E-state index contributed by atoms with van der Waals surface area (Å²) in [5.41, 5.74) is 2.67. The molecule has 0 bridgehead atoms. The summed E-state index contributed by atoms with van der Waals surface area (Å²) in [6.07, 6.45) is 0. The zero-order chi connectivity index (χ0) is 11.7. The number of alkyl halides is 1. The second-order valence-electron chi connectivity index (χ2n) is 3.78. The molecule has 0 aliphatic rings. The van der Waals surface area contributed by atoms with E-state index in [-0.39, 0.29) is 0 Å². The van der Waals surface area contributed by atoms with Gasteiger partial charge in [-0.25, -0.2) is 0 Å². The largest absolute Gasteiger partial charge is 0.146 e. The third-order valence-corrected chi connectivity index (χ3v) is 5.05. The summed E-state index contributed by atoms with van der Waals surface area (Å²) in [4.78, 5) is 3.06. The van der Waals surface area contributed by atoms with Crippen LogP contribution in [-0.2, 0) is 0 Å². The molecule has 2 rings (SSSR count). The van der Waals surface area contributed by atoms with Gasteiger partial charge in [0.05, 0.1) is 4.83 Å². The van der Waals surface area contributed by atoms with Gasteiger partial charge in [-0.3, -0.25) is 0 Å². The zero-order valence-electron chi connectivity index (χ0n) is 9.13. The van der Waals surface area contributed by atoms with Gasteiger partial charge in [-0.1, -0.05) is 44.0 Å². The second kappa shape index (κ2) is 5.03. The molecule has 1 aromatic heterocycles. The maximum absolute atomic E-state index is 3.77. The van der Waals surface area contributed by atoms with Crippen LogP contribution in [0.5, 0.6) is 0 Å². The van der Waals surface area contributed by atoms with E-state index in [1.807, 2.05) is 11.3 Å². The summed E-state index contributed by atoms with van der Waals surface area (Å²) < 4.78 is 1.12. The van der Waals surface area contributed by atoms with Crippen LogP contribution in [0.15, 0.2) is 34.8 Å². The lowest BCUT2D eigenvalue weighted by atomic mass is 10.1. The van der Waals surface area contributed by atoms with Gasteiger partial charge in [0.25, 0.3) is 0 Å². The van der Waals surface area contributed by atoms with E-state index < -0.39 is 0 Å². The SMILES string of the molecule is Cc1cc(C(Br)c2ccc(Br)cc2)c(C)s1. The molecule has 0 saturated heterocycles. The first-order valence-electron chi connectivity index (χ1n) is 5.04. The quantitative estimate of drug-likeness (QED) is 0.611. The standard InChI is InChI=1S/C13H12Br2S/c1-8-7-12(9(2)16-8)13(15)10-3-5-11(14)6-4-10/h3-7,13H,1-2H3. The van der Waals surface area contributed by atoms with Crippen molar-refractivity contribution in [2.24, 2.45) is 0 Å². The van der Waals surface area contributed by atoms with Crippen molar-refractivity contribution in [2.45, 2.75) is 18.7 Å². The van der Waals surface area contributed by atoms with E-state index in [0.29, 0.717) is 4.83 Å². The average molecular weight is 360 g/mol. The lowest BCUT2D eigenvalue weighted by molar-refractivity contribution is 1.17. The van der Waals surface area contributed by atoms with Gasteiger partial charge in [-0.15, -0.1) is 11.3 Å². The lowest BCUT2D eigenvalue weighted by Crippen LogP contribution is -1.92. The molecule has 1 heterocycles. The smallest absolute Gasteiger partial charge is 0.0655 e. The number of benzene rings is 1. The highest BCUT2D eigenvalue weighted by Crippen LogP contribution is 2.36. The van der Waals surface area contributed by atoms with Gasteiger partial charge in [-0.05, 0) is 43.2 Å². The number of rotatable bonds is 2. The van der Waals surface area contributed by atoms with Crippen molar-refractivity contribution in [1.82, 2.24) is 0 Å². The number of hydrogen-bond donors (Lipinski definition) is 0. The Hall–Kier alpha value is -0.120. The van der Waals surface area contributed by atoms with Crippen LogP contribution in [0.25, 0.3) is 0 Å². The van der Waals surface area contributed by atoms with Gasteiger partial charge < -0.3 is 0 Å². The first-order chi connectivity index (χ1) is 7.58. The summed E-state index contributed by atoms with van der Waals surface area (Å²) in [6.45, 7) is 4.34. The third-order valence-electron chi connectivity index (χ3n) is 2.52. The molecule has 1 aromatic carbocycles. The van der Waals surface area contributed by atoms with Crippen molar-refractivity contribution in [3.8, 4) is 0 Å². The Bertz CT molecular complexity index is 485. The van der Waals surface area contributed by atoms with Gasteiger partial charge in [0, 0.05) is 14.2 Å². The van der Waals surface area contributed by atoms with E-state index in [1.165, 1.54) is 20.9 Å². The fourth-order valence-electron chi connectivity index (χ4n) is 1.71. The molecule has 0 nitrogen and oxygen atoms in total. The summed E-state index contributed by atoms with van der Waals surface area (Å²) in [7, 11) is 0. The number of halogens is 2. The van der Waals surface area contributed by atoms with E-state index in [4.69, 9.17) is 0 Å². The Labute approximate surface area is 117 Å². The molecule has 0 N–H and O–H groups in total.